The Morgan fingerprint density at radius 3 is 2.31 bits per heavy atom. The minimum absolute atomic E-state index is 0.311. The molecule has 1 atom stereocenters. The van der Waals surface area contributed by atoms with Gasteiger partial charge in [0.15, 0.2) is 0 Å². The molecular formula is C18H33N5O3. The molecule has 3 fully saturated rings. The number of hydrogen-bond donors (Lipinski definition) is 2. The molecule has 8 heteroatoms. The number of likely N-dealkylation sites (tertiary alicyclic amines) is 1. The van der Waals surface area contributed by atoms with Crippen molar-refractivity contribution < 1.29 is 14.4 Å². The molecule has 3 aliphatic heterocycles. The van der Waals surface area contributed by atoms with Crippen molar-refractivity contribution in [1.29, 1.82) is 0 Å². The summed E-state index contributed by atoms with van der Waals surface area (Å²) in [5.41, 5.74) is 2.35. The molecule has 0 saturated carbocycles. The number of nitrogens with zero attached hydrogens (tertiary/aromatic N) is 3. The normalized spacial score (nSPS) is 24.9. The van der Waals surface area contributed by atoms with Crippen molar-refractivity contribution in [1.82, 2.24) is 25.5 Å². The maximum atomic E-state index is 12.3. The zero-order valence-corrected chi connectivity index (χ0v) is 15.9. The third kappa shape index (κ3) is 5.08. The van der Waals surface area contributed by atoms with Crippen molar-refractivity contribution in [3.63, 3.8) is 0 Å². The fraction of sp³-hybridized carbons (Fsp3) is 0.889. The van der Waals surface area contributed by atoms with Crippen LogP contribution in [-0.4, -0.2) is 91.1 Å². The maximum absolute atomic E-state index is 12.3. The lowest BCUT2D eigenvalue weighted by atomic mass is 10.0. The van der Waals surface area contributed by atoms with E-state index in [1.54, 1.807) is 4.90 Å². The average Bonchev–Trinajstić information content (AvgIpc) is 2.72. The maximum Gasteiger partial charge on any atom is 0.350 e. The fourth-order valence-electron chi connectivity index (χ4n) is 4.16. The van der Waals surface area contributed by atoms with Gasteiger partial charge in [-0.05, 0) is 58.8 Å². The highest BCUT2D eigenvalue weighted by atomic mass is 16.7. The molecule has 0 aromatic rings. The molecule has 1 unspecified atom stereocenters. The van der Waals surface area contributed by atoms with E-state index in [0.29, 0.717) is 19.1 Å². The van der Waals surface area contributed by atoms with Gasteiger partial charge in [0.1, 0.15) is 6.04 Å². The number of piperidine rings is 2. The number of hydrogen-bond acceptors (Lipinski definition) is 6. The monoisotopic (exact) mass is 367 g/mol. The van der Waals surface area contributed by atoms with Gasteiger partial charge in [-0.3, -0.25) is 9.80 Å². The predicted octanol–water partition coefficient (Wildman–Crippen LogP) is 0.398. The van der Waals surface area contributed by atoms with Gasteiger partial charge < -0.3 is 15.1 Å². The Kier molecular flexibility index (Phi) is 7.10. The van der Waals surface area contributed by atoms with E-state index in [2.05, 4.69) is 20.6 Å². The van der Waals surface area contributed by atoms with Gasteiger partial charge >= 0.3 is 12.0 Å². The molecule has 0 bridgehead atoms. The van der Waals surface area contributed by atoms with E-state index in [1.165, 1.54) is 19.3 Å². The van der Waals surface area contributed by atoms with Crippen LogP contribution >= 0.6 is 0 Å². The number of carbonyl (C=O) groups excluding carboxylic acids is 2. The lowest BCUT2D eigenvalue weighted by Gasteiger charge is -2.40. The van der Waals surface area contributed by atoms with Crippen LogP contribution in [0.3, 0.4) is 0 Å². The van der Waals surface area contributed by atoms with Gasteiger partial charge in [-0.1, -0.05) is 6.42 Å². The Hall–Kier alpha value is -1.38. The second-order valence-electron chi connectivity index (χ2n) is 7.61. The molecule has 0 radical (unpaired) electrons. The van der Waals surface area contributed by atoms with Crippen molar-refractivity contribution in [2.75, 3.05) is 52.4 Å². The zero-order chi connectivity index (χ0) is 18.4. The van der Waals surface area contributed by atoms with Crippen LogP contribution in [0.25, 0.3) is 0 Å². The molecule has 2 N–H and O–H groups in total. The molecule has 0 spiro atoms. The number of amides is 2. The number of piperazine rings is 1. The third-order valence-corrected chi connectivity index (χ3v) is 5.94. The van der Waals surface area contributed by atoms with E-state index in [-0.39, 0.29) is 18.0 Å². The van der Waals surface area contributed by atoms with Gasteiger partial charge in [-0.15, -0.1) is 0 Å². The van der Waals surface area contributed by atoms with E-state index in [0.717, 1.165) is 52.1 Å². The quantitative estimate of drug-likeness (QED) is 0.703. The standard InChI is InChI=1S/C18H33N5O3/c1-15(21-9-3-2-4-10-21)17(24)26-20-18(25)23-13-11-22(12-14-23)16-5-7-19-8-6-16/h15-16,19H,2-14H2,1H3,(H,20,25). The first-order valence-corrected chi connectivity index (χ1v) is 10.1. The smallest absolute Gasteiger partial charge is 0.338 e. The minimum Gasteiger partial charge on any atom is -0.338 e. The summed E-state index contributed by atoms with van der Waals surface area (Å²) in [4.78, 5) is 35.9. The molecule has 3 aliphatic rings. The molecule has 3 rings (SSSR count). The van der Waals surface area contributed by atoms with Crippen LogP contribution in [0.1, 0.15) is 39.0 Å². The summed E-state index contributed by atoms with van der Waals surface area (Å²) in [6.07, 6.45) is 5.81. The molecule has 0 aromatic carbocycles. The van der Waals surface area contributed by atoms with E-state index in [4.69, 9.17) is 4.84 Å². The second-order valence-corrected chi connectivity index (χ2v) is 7.61. The Labute approximate surface area is 156 Å². The molecule has 0 aromatic heterocycles. The van der Waals surface area contributed by atoms with E-state index in [9.17, 15) is 9.59 Å². The highest BCUT2D eigenvalue weighted by Crippen LogP contribution is 2.15. The van der Waals surface area contributed by atoms with Crippen LogP contribution in [0, 0.1) is 0 Å². The van der Waals surface area contributed by atoms with Crippen LogP contribution in [0.15, 0.2) is 0 Å². The highest BCUT2D eigenvalue weighted by Gasteiger charge is 2.29. The Balaban J connectivity index is 1.36. The van der Waals surface area contributed by atoms with Crippen molar-refractivity contribution in [3.05, 3.63) is 0 Å². The average molecular weight is 367 g/mol. The molecule has 0 aliphatic carbocycles. The highest BCUT2D eigenvalue weighted by molar-refractivity contribution is 5.79. The summed E-state index contributed by atoms with van der Waals surface area (Å²) in [5.74, 6) is -0.381. The molecule has 148 valence electrons. The number of carbonyl (C=O) groups is 2. The van der Waals surface area contributed by atoms with E-state index < -0.39 is 0 Å². The Morgan fingerprint density at radius 2 is 1.65 bits per heavy atom. The number of hydroxylamine groups is 1. The predicted molar refractivity (Wildman–Crippen MR) is 98.5 cm³/mol. The van der Waals surface area contributed by atoms with Crippen LogP contribution in [-0.2, 0) is 9.63 Å². The molecule has 26 heavy (non-hydrogen) atoms. The largest absolute Gasteiger partial charge is 0.350 e. The van der Waals surface area contributed by atoms with Crippen molar-refractivity contribution in [3.8, 4) is 0 Å². The summed E-state index contributed by atoms with van der Waals surface area (Å²) in [7, 11) is 0. The van der Waals surface area contributed by atoms with Crippen LogP contribution < -0.4 is 10.8 Å². The first-order chi connectivity index (χ1) is 12.6. The topological polar surface area (TPSA) is 77.1 Å². The Morgan fingerprint density at radius 1 is 1.00 bits per heavy atom. The lowest BCUT2D eigenvalue weighted by Crippen LogP contribution is -2.56. The molecule has 3 heterocycles. The second kappa shape index (κ2) is 9.53. The summed E-state index contributed by atoms with van der Waals surface area (Å²) >= 11 is 0. The number of rotatable bonds is 3. The number of urea groups is 1. The van der Waals surface area contributed by atoms with Gasteiger partial charge in [0.2, 0.25) is 0 Å². The van der Waals surface area contributed by atoms with Gasteiger partial charge in [-0.2, -0.15) is 5.48 Å². The van der Waals surface area contributed by atoms with Crippen LogP contribution in [0.4, 0.5) is 4.79 Å². The number of nitrogens with one attached hydrogen (secondary N) is 2. The molecule has 8 nitrogen and oxygen atoms in total. The van der Waals surface area contributed by atoms with Crippen molar-refractivity contribution in [2.24, 2.45) is 0 Å². The first-order valence-electron chi connectivity index (χ1n) is 10.1. The molecule has 3 saturated heterocycles. The third-order valence-electron chi connectivity index (χ3n) is 5.94. The summed E-state index contributed by atoms with van der Waals surface area (Å²) in [6.45, 7) is 8.97. The lowest BCUT2D eigenvalue weighted by molar-refractivity contribution is -0.155. The minimum atomic E-state index is -0.381. The fourth-order valence-corrected chi connectivity index (χ4v) is 4.16. The van der Waals surface area contributed by atoms with Gasteiger partial charge in [0.25, 0.3) is 0 Å². The molecule has 2 amide bonds. The van der Waals surface area contributed by atoms with Crippen LogP contribution in [0.5, 0.6) is 0 Å². The first kappa shape index (κ1) is 19.4. The SMILES string of the molecule is CC(C(=O)ONC(=O)N1CCN(C2CCNCC2)CC1)N1CCCCC1. The van der Waals surface area contributed by atoms with E-state index >= 15 is 0 Å². The van der Waals surface area contributed by atoms with E-state index in [1.807, 2.05) is 6.92 Å². The summed E-state index contributed by atoms with van der Waals surface area (Å²) in [5, 5.41) is 3.39. The summed E-state index contributed by atoms with van der Waals surface area (Å²) in [6, 6.07) is 0.00574. The van der Waals surface area contributed by atoms with Crippen molar-refractivity contribution >= 4 is 12.0 Å². The zero-order valence-electron chi connectivity index (χ0n) is 15.9. The Bertz CT molecular complexity index is 469. The van der Waals surface area contributed by atoms with Crippen LogP contribution in [0.2, 0.25) is 0 Å². The van der Waals surface area contributed by atoms with Crippen molar-refractivity contribution in [2.45, 2.75) is 51.1 Å². The van der Waals surface area contributed by atoms with Gasteiger partial charge in [0, 0.05) is 32.2 Å². The summed E-state index contributed by atoms with van der Waals surface area (Å²) < 4.78 is 0. The van der Waals surface area contributed by atoms with Gasteiger partial charge in [-0.25, -0.2) is 9.59 Å². The molecular weight excluding hydrogens is 334 g/mol. The van der Waals surface area contributed by atoms with Gasteiger partial charge in [0.05, 0.1) is 0 Å².